The van der Waals surface area contributed by atoms with Gasteiger partial charge in [0, 0.05) is 14.2 Å². The van der Waals surface area contributed by atoms with Gasteiger partial charge in [0.25, 0.3) is 0 Å². The summed E-state index contributed by atoms with van der Waals surface area (Å²) in [7, 11) is 3.25. The van der Waals surface area contributed by atoms with Crippen LogP contribution in [-0.4, -0.2) is 86.4 Å². The SMILES string of the molecule is COCCOCC(OCCOC(=O)OCCOC(COCCOC)c1ccccc1)c1ccccc1. The number of carbonyl (C=O) groups is 1. The van der Waals surface area contributed by atoms with Crippen LogP contribution in [0.5, 0.6) is 0 Å². The first kappa shape index (κ1) is 29.7. The van der Waals surface area contributed by atoms with E-state index in [1.165, 1.54) is 0 Å². The van der Waals surface area contributed by atoms with E-state index in [-0.39, 0.29) is 38.6 Å². The van der Waals surface area contributed by atoms with Crippen LogP contribution in [0.2, 0.25) is 0 Å². The lowest BCUT2D eigenvalue weighted by atomic mass is 10.1. The molecule has 2 rings (SSSR count). The zero-order chi connectivity index (χ0) is 25.7. The van der Waals surface area contributed by atoms with Crippen molar-refractivity contribution in [2.75, 3.05) is 80.3 Å². The molecule has 0 fully saturated rings. The van der Waals surface area contributed by atoms with E-state index in [0.717, 1.165) is 11.1 Å². The van der Waals surface area contributed by atoms with Crippen molar-refractivity contribution in [1.82, 2.24) is 0 Å². The highest BCUT2D eigenvalue weighted by molar-refractivity contribution is 5.59. The molecule has 0 bridgehead atoms. The monoisotopic (exact) mass is 506 g/mol. The Hall–Kier alpha value is -2.53. The molecule has 9 nitrogen and oxygen atoms in total. The van der Waals surface area contributed by atoms with E-state index in [2.05, 4.69) is 0 Å². The van der Waals surface area contributed by atoms with Gasteiger partial charge in [-0.15, -0.1) is 0 Å². The zero-order valence-electron chi connectivity index (χ0n) is 21.2. The molecule has 2 atom stereocenters. The lowest BCUT2D eigenvalue weighted by Gasteiger charge is -2.19. The van der Waals surface area contributed by atoms with Crippen LogP contribution in [0, 0.1) is 0 Å². The van der Waals surface area contributed by atoms with Crippen molar-refractivity contribution in [3.05, 3.63) is 71.8 Å². The molecule has 0 saturated carbocycles. The number of hydrogen-bond acceptors (Lipinski definition) is 9. The number of hydrogen-bond donors (Lipinski definition) is 0. The second-order valence-corrected chi connectivity index (χ2v) is 7.62. The molecule has 0 heterocycles. The maximum Gasteiger partial charge on any atom is 0.508 e. The van der Waals surface area contributed by atoms with Crippen molar-refractivity contribution in [2.45, 2.75) is 12.2 Å². The first-order valence-electron chi connectivity index (χ1n) is 12.0. The molecule has 2 aromatic rings. The van der Waals surface area contributed by atoms with Gasteiger partial charge in [0.15, 0.2) is 0 Å². The second-order valence-electron chi connectivity index (χ2n) is 7.62. The van der Waals surface area contributed by atoms with Crippen LogP contribution in [-0.2, 0) is 37.9 Å². The van der Waals surface area contributed by atoms with Gasteiger partial charge in [-0.25, -0.2) is 4.79 Å². The minimum Gasteiger partial charge on any atom is -0.432 e. The topological polar surface area (TPSA) is 90.9 Å². The van der Waals surface area contributed by atoms with Gasteiger partial charge in [-0.2, -0.15) is 0 Å². The molecule has 0 aliphatic carbocycles. The van der Waals surface area contributed by atoms with Gasteiger partial charge in [-0.1, -0.05) is 60.7 Å². The molecule has 0 aromatic heterocycles. The summed E-state index contributed by atoms with van der Waals surface area (Å²) in [6, 6.07) is 19.5. The third kappa shape index (κ3) is 13.0. The molecular formula is C27H38O9. The summed E-state index contributed by atoms with van der Waals surface area (Å²) < 4.78 is 43.2. The molecule has 2 aromatic carbocycles. The molecule has 2 unspecified atom stereocenters. The molecule has 0 N–H and O–H groups in total. The molecule has 0 amide bonds. The molecular weight excluding hydrogens is 468 g/mol. The van der Waals surface area contributed by atoms with Crippen LogP contribution in [0.15, 0.2) is 60.7 Å². The molecule has 0 saturated heterocycles. The van der Waals surface area contributed by atoms with Crippen molar-refractivity contribution in [3.63, 3.8) is 0 Å². The van der Waals surface area contributed by atoms with Gasteiger partial charge < -0.3 is 37.9 Å². The highest BCUT2D eigenvalue weighted by Gasteiger charge is 2.14. The van der Waals surface area contributed by atoms with Crippen LogP contribution in [0.4, 0.5) is 4.79 Å². The first-order valence-corrected chi connectivity index (χ1v) is 12.0. The average Bonchev–Trinajstić information content (AvgIpc) is 2.92. The molecule has 0 aliphatic heterocycles. The van der Waals surface area contributed by atoms with E-state index < -0.39 is 6.16 Å². The molecule has 9 heteroatoms. The normalized spacial score (nSPS) is 12.7. The highest BCUT2D eigenvalue weighted by atomic mass is 16.7. The predicted octanol–water partition coefficient (Wildman–Crippen LogP) is 3.98. The predicted molar refractivity (Wildman–Crippen MR) is 133 cm³/mol. The maximum atomic E-state index is 11.9. The zero-order valence-corrected chi connectivity index (χ0v) is 21.2. The number of benzene rings is 2. The van der Waals surface area contributed by atoms with Crippen molar-refractivity contribution >= 4 is 6.16 Å². The largest absolute Gasteiger partial charge is 0.508 e. The van der Waals surface area contributed by atoms with Crippen molar-refractivity contribution < 1.29 is 42.7 Å². The molecule has 200 valence electrons. The Labute approximate surface area is 213 Å². The summed E-state index contributed by atoms with van der Waals surface area (Å²) in [4.78, 5) is 11.9. The summed E-state index contributed by atoms with van der Waals surface area (Å²) in [5, 5.41) is 0. The quantitative estimate of drug-likeness (QED) is 0.195. The summed E-state index contributed by atoms with van der Waals surface area (Å²) in [5.74, 6) is 0. The summed E-state index contributed by atoms with van der Waals surface area (Å²) in [5.41, 5.74) is 1.96. The van der Waals surface area contributed by atoms with Crippen LogP contribution < -0.4 is 0 Å². The fourth-order valence-corrected chi connectivity index (χ4v) is 3.15. The van der Waals surface area contributed by atoms with Crippen LogP contribution in [0.1, 0.15) is 23.3 Å². The third-order valence-corrected chi connectivity index (χ3v) is 4.99. The van der Waals surface area contributed by atoms with Crippen LogP contribution in [0.3, 0.4) is 0 Å². The van der Waals surface area contributed by atoms with E-state index in [1.807, 2.05) is 60.7 Å². The lowest BCUT2D eigenvalue weighted by Crippen LogP contribution is -2.20. The molecule has 0 radical (unpaired) electrons. The summed E-state index contributed by atoms with van der Waals surface area (Å²) in [6.07, 6.45) is -1.34. The van der Waals surface area contributed by atoms with Crippen LogP contribution >= 0.6 is 0 Å². The lowest BCUT2D eigenvalue weighted by molar-refractivity contribution is -0.0543. The maximum absolute atomic E-state index is 11.9. The van der Waals surface area contributed by atoms with Gasteiger partial charge in [-0.3, -0.25) is 0 Å². The van der Waals surface area contributed by atoms with Gasteiger partial charge in [0.2, 0.25) is 0 Å². The van der Waals surface area contributed by atoms with Crippen molar-refractivity contribution in [3.8, 4) is 0 Å². The van der Waals surface area contributed by atoms with Gasteiger partial charge >= 0.3 is 6.16 Å². The second kappa shape index (κ2) is 19.6. The Morgan fingerprint density at radius 2 is 1.00 bits per heavy atom. The fraction of sp³-hybridized carbons (Fsp3) is 0.519. The van der Waals surface area contributed by atoms with Crippen molar-refractivity contribution in [2.24, 2.45) is 0 Å². The Morgan fingerprint density at radius 1 is 0.583 bits per heavy atom. The Morgan fingerprint density at radius 3 is 1.39 bits per heavy atom. The van der Waals surface area contributed by atoms with E-state index in [9.17, 15) is 4.79 Å². The fourth-order valence-electron chi connectivity index (χ4n) is 3.15. The highest BCUT2D eigenvalue weighted by Crippen LogP contribution is 2.18. The van der Waals surface area contributed by atoms with Gasteiger partial charge in [0.05, 0.1) is 52.9 Å². The molecule has 0 aliphatic rings. The first-order chi connectivity index (χ1) is 17.7. The third-order valence-electron chi connectivity index (χ3n) is 4.99. The Kier molecular flexibility index (Phi) is 16.2. The van der Waals surface area contributed by atoms with E-state index in [1.54, 1.807) is 14.2 Å². The minimum atomic E-state index is -0.776. The number of ether oxygens (including phenoxy) is 8. The standard InChI is InChI=1S/C27H38O9/c1-29-13-15-31-21-25(23-9-5-3-6-10-23)33-17-19-35-27(28)36-20-18-34-26(22-32-16-14-30-2)24-11-7-4-8-12-24/h3-12,25-26H,13-22H2,1-2H3. The minimum absolute atomic E-state index is 0.0566. The average molecular weight is 507 g/mol. The summed E-state index contributed by atoms with van der Waals surface area (Å²) in [6.45, 7) is 3.21. The number of methoxy groups -OCH3 is 2. The Bertz CT molecular complexity index is 723. The van der Waals surface area contributed by atoms with E-state index in [0.29, 0.717) is 39.6 Å². The van der Waals surface area contributed by atoms with Crippen LogP contribution in [0.25, 0.3) is 0 Å². The van der Waals surface area contributed by atoms with Gasteiger partial charge in [0.1, 0.15) is 25.4 Å². The Balaban J connectivity index is 1.65. The molecule has 0 spiro atoms. The molecule has 36 heavy (non-hydrogen) atoms. The summed E-state index contributed by atoms with van der Waals surface area (Å²) >= 11 is 0. The van der Waals surface area contributed by atoms with E-state index in [4.69, 9.17) is 37.9 Å². The van der Waals surface area contributed by atoms with E-state index >= 15 is 0 Å². The van der Waals surface area contributed by atoms with Crippen molar-refractivity contribution in [1.29, 1.82) is 0 Å². The van der Waals surface area contributed by atoms with Gasteiger partial charge in [-0.05, 0) is 11.1 Å². The number of rotatable bonds is 20. The number of carbonyl (C=O) groups excluding carboxylic acids is 1. The smallest absolute Gasteiger partial charge is 0.432 e.